The van der Waals surface area contributed by atoms with Gasteiger partial charge in [-0.3, -0.25) is 9.69 Å². The second-order valence-corrected chi connectivity index (χ2v) is 8.85. The van der Waals surface area contributed by atoms with E-state index in [0.29, 0.717) is 30.1 Å². The second kappa shape index (κ2) is 9.73. The van der Waals surface area contributed by atoms with E-state index in [0.717, 1.165) is 19.4 Å². The Morgan fingerprint density at radius 1 is 1.10 bits per heavy atom. The predicted octanol–water partition coefficient (Wildman–Crippen LogP) is 2.86. The van der Waals surface area contributed by atoms with Crippen LogP contribution in [0.1, 0.15) is 37.8 Å². The predicted molar refractivity (Wildman–Crippen MR) is 119 cm³/mol. The number of carbonyl (C=O) groups is 1. The number of aliphatic hydroxyl groups excluding tert-OH is 1. The molecule has 5 heteroatoms. The summed E-state index contributed by atoms with van der Waals surface area (Å²) >= 11 is 0. The van der Waals surface area contributed by atoms with Crippen LogP contribution in [-0.4, -0.2) is 64.7 Å². The maximum atomic E-state index is 13.7. The van der Waals surface area contributed by atoms with E-state index < -0.39 is 5.60 Å². The third-order valence-electron chi connectivity index (χ3n) is 5.98. The van der Waals surface area contributed by atoms with Crippen molar-refractivity contribution in [3.05, 3.63) is 71.8 Å². The molecule has 30 heavy (non-hydrogen) atoms. The van der Waals surface area contributed by atoms with Crippen molar-refractivity contribution in [1.82, 2.24) is 9.80 Å². The Kier molecular flexibility index (Phi) is 7.29. The number of aliphatic hydroxyl groups is 2. The molecule has 0 saturated carbocycles. The number of β-amino-alcohol motifs (C(OH)–C–C–N with tert-alkyl or cyclic N) is 1. The van der Waals surface area contributed by atoms with Gasteiger partial charge in [0.2, 0.25) is 0 Å². The van der Waals surface area contributed by atoms with Crippen LogP contribution in [-0.2, 0) is 10.4 Å². The molecule has 2 N–H and O–H groups in total. The third kappa shape index (κ3) is 4.91. The Morgan fingerprint density at radius 3 is 2.07 bits per heavy atom. The fraction of sp³-hybridized carbons (Fsp3) is 0.480. The Hall–Kier alpha value is -2.21. The van der Waals surface area contributed by atoms with Crippen molar-refractivity contribution in [3.8, 4) is 0 Å². The zero-order valence-electron chi connectivity index (χ0n) is 18.2. The first kappa shape index (κ1) is 22.5. The van der Waals surface area contributed by atoms with Gasteiger partial charge in [0.25, 0.3) is 5.91 Å². The number of likely N-dealkylation sites (N-methyl/N-ethyl adjacent to an activating group) is 1. The smallest absolute Gasteiger partial charge is 0.263 e. The number of likely N-dealkylation sites (tertiary alicyclic amines) is 1. The summed E-state index contributed by atoms with van der Waals surface area (Å²) in [5, 5.41) is 21.7. The number of hydrogen-bond acceptors (Lipinski definition) is 4. The van der Waals surface area contributed by atoms with Crippen molar-refractivity contribution in [2.24, 2.45) is 5.92 Å². The maximum Gasteiger partial charge on any atom is 0.263 e. The van der Waals surface area contributed by atoms with Crippen LogP contribution in [0.5, 0.6) is 0 Å². The van der Waals surface area contributed by atoms with Gasteiger partial charge in [0.15, 0.2) is 5.60 Å². The van der Waals surface area contributed by atoms with Crippen LogP contribution in [0.15, 0.2) is 60.7 Å². The average molecular weight is 411 g/mol. The molecule has 1 aliphatic heterocycles. The number of carbonyl (C=O) groups excluding carboxylic acids is 1. The van der Waals surface area contributed by atoms with Gasteiger partial charge in [0, 0.05) is 32.7 Å². The van der Waals surface area contributed by atoms with Crippen molar-refractivity contribution >= 4 is 5.91 Å². The van der Waals surface area contributed by atoms with Crippen LogP contribution in [0.4, 0.5) is 0 Å². The first-order valence-electron chi connectivity index (χ1n) is 10.8. The molecule has 0 aliphatic carbocycles. The molecule has 1 unspecified atom stereocenters. The van der Waals surface area contributed by atoms with Gasteiger partial charge >= 0.3 is 0 Å². The van der Waals surface area contributed by atoms with Gasteiger partial charge in [-0.05, 0) is 29.9 Å². The van der Waals surface area contributed by atoms with E-state index in [1.807, 2.05) is 36.4 Å². The summed E-state index contributed by atoms with van der Waals surface area (Å²) in [6.07, 6.45) is 1.40. The number of amides is 1. The van der Waals surface area contributed by atoms with Gasteiger partial charge in [-0.15, -0.1) is 0 Å². The largest absolute Gasteiger partial charge is 0.392 e. The zero-order chi connectivity index (χ0) is 21.7. The highest BCUT2D eigenvalue weighted by Crippen LogP contribution is 2.32. The lowest BCUT2D eigenvalue weighted by Gasteiger charge is -2.37. The lowest BCUT2D eigenvalue weighted by atomic mass is 9.85. The van der Waals surface area contributed by atoms with Crippen molar-refractivity contribution in [1.29, 1.82) is 0 Å². The Labute approximate surface area is 179 Å². The van der Waals surface area contributed by atoms with Gasteiger partial charge in [0.05, 0.1) is 6.10 Å². The fourth-order valence-electron chi connectivity index (χ4n) is 4.43. The highest BCUT2D eigenvalue weighted by molar-refractivity contribution is 5.90. The second-order valence-electron chi connectivity index (χ2n) is 8.85. The fourth-order valence-corrected chi connectivity index (χ4v) is 4.43. The monoisotopic (exact) mass is 410 g/mol. The molecule has 1 saturated heterocycles. The number of hydrogen-bond donors (Lipinski definition) is 2. The van der Waals surface area contributed by atoms with Crippen molar-refractivity contribution in [3.63, 3.8) is 0 Å². The minimum absolute atomic E-state index is 0.145. The molecule has 2 aromatic rings. The molecule has 1 heterocycles. The van der Waals surface area contributed by atoms with Crippen molar-refractivity contribution < 1.29 is 15.0 Å². The quantitative estimate of drug-likeness (QED) is 0.702. The van der Waals surface area contributed by atoms with Gasteiger partial charge in [-0.2, -0.15) is 0 Å². The number of benzene rings is 2. The summed E-state index contributed by atoms with van der Waals surface area (Å²) < 4.78 is 0. The maximum absolute atomic E-state index is 13.7. The molecule has 0 bridgehead atoms. The van der Waals surface area contributed by atoms with Crippen LogP contribution in [0.25, 0.3) is 0 Å². The molecule has 1 fully saturated rings. The van der Waals surface area contributed by atoms with Crippen LogP contribution in [0.3, 0.4) is 0 Å². The minimum atomic E-state index is -1.75. The Balaban J connectivity index is 1.88. The lowest BCUT2D eigenvalue weighted by molar-refractivity contribution is -0.147. The normalized spacial score (nSPS) is 18.5. The SMILES string of the molecule is CC(C)CC(CN(C)C(=O)C(O)(c1ccccc1)c1ccccc1)N1CC[C@H](O)C1. The number of rotatable bonds is 8. The van der Waals surface area contributed by atoms with Crippen molar-refractivity contribution in [2.75, 3.05) is 26.7 Å². The molecule has 2 atom stereocenters. The minimum Gasteiger partial charge on any atom is -0.392 e. The number of nitrogens with zero attached hydrogens (tertiary/aromatic N) is 2. The molecule has 3 rings (SSSR count). The van der Waals surface area contributed by atoms with Gasteiger partial charge in [-0.25, -0.2) is 0 Å². The summed E-state index contributed by atoms with van der Waals surface area (Å²) in [4.78, 5) is 17.6. The summed E-state index contributed by atoms with van der Waals surface area (Å²) in [6, 6.07) is 18.4. The Bertz CT molecular complexity index is 770. The van der Waals surface area contributed by atoms with Gasteiger partial charge < -0.3 is 15.1 Å². The first-order valence-corrected chi connectivity index (χ1v) is 10.8. The third-order valence-corrected chi connectivity index (χ3v) is 5.98. The van der Waals surface area contributed by atoms with Crippen LogP contribution in [0, 0.1) is 5.92 Å². The van der Waals surface area contributed by atoms with Crippen LogP contribution < -0.4 is 0 Å². The van der Waals surface area contributed by atoms with Crippen molar-refractivity contribution in [2.45, 2.75) is 44.4 Å². The standard InChI is InChI=1S/C25H34N2O3/c1-19(2)16-22(27-15-14-23(28)18-27)17-26(3)24(29)25(30,20-10-6-4-7-11-20)21-12-8-5-9-13-21/h4-13,19,22-23,28,30H,14-18H2,1-3H3/t22?,23-/m0/s1. The highest BCUT2D eigenvalue weighted by atomic mass is 16.3. The summed E-state index contributed by atoms with van der Waals surface area (Å²) in [5.41, 5.74) is -0.625. The molecule has 1 aliphatic rings. The molecule has 1 amide bonds. The van der Waals surface area contributed by atoms with E-state index in [4.69, 9.17) is 0 Å². The highest BCUT2D eigenvalue weighted by Gasteiger charge is 2.42. The molecule has 2 aromatic carbocycles. The molecule has 0 spiro atoms. The molecule has 0 aromatic heterocycles. The molecule has 5 nitrogen and oxygen atoms in total. The van der Waals surface area contributed by atoms with E-state index in [1.54, 1.807) is 36.2 Å². The van der Waals surface area contributed by atoms with Crippen LogP contribution in [0.2, 0.25) is 0 Å². The molecule has 0 radical (unpaired) electrons. The van der Waals surface area contributed by atoms with E-state index in [1.165, 1.54) is 0 Å². The van der Waals surface area contributed by atoms with E-state index in [-0.39, 0.29) is 18.1 Å². The van der Waals surface area contributed by atoms with E-state index >= 15 is 0 Å². The van der Waals surface area contributed by atoms with Crippen LogP contribution >= 0.6 is 0 Å². The summed E-state index contributed by atoms with van der Waals surface area (Å²) in [5.74, 6) is 0.131. The summed E-state index contributed by atoms with van der Waals surface area (Å²) in [7, 11) is 1.76. The van der Waals surface area contributed by atoms with Gasteiger partial charge in [0.1, 0.15) is 0 Å². The molecular formula is C25H34N2O3. The average Bonchev–Trinajstić information content (AvgIpc) is 3.19. The lowest BCUT2D eigenvalue weighted by Crippen LogP contribution is -2.51. The first-order chi connectivity index (χ1) is 14.3. The molecular weight excluding hydrogens is 376 g/mol. The van der Waals surface area contributed by atoms with Gasteiger partial charge in [-0.1, -0.05) is 74.5 Å². The van der Waals surface area contributed by atoms with E-state index in [9.17, 15) is 15.0 Å². The topological polar surface area (TPSA) is 64.0 Å². The van der Waals surface area contributed by atoms with E-state index in [2.05, 4.69) is 18.7 Å². The zero-order valence-corrected chi connectivity index (χ0v) is 18.2. The summed E-state index contributed by atoms with van der Waals surface area (Å²) in [6.45, 7) is 6.33. The Morgan fingerprint density at radius 2 is 1.63 bits per heavy atom. The molecule has 162 valence electrons.